The van der Waals surface area contributed by atoms with Crippen molar-refractivity contribution in [3.63, 3.8) is 0 Å². The zero-order valence-corrected chi connectivity index (χ0v) is 26.3. The number of aromatic nitrogens is 3. The number of halogens is 2. The minimum absolute atomic E-state index is 0.0315. The van der Waals surface area contributed by atoms with Crippen LogP contribution in [0.5, 0.6) is 5.75 Å². The van der Waals surface area contributed by atoms with Crippen LogP contribution in [0.2, 0.25) is 5.02 Å². The van der Waals surface area contributed by atoms with Crippen molar-refractivity contribution in [1.82, 2.24) is 19.4 Å². The van der Waals surface area contributed by atoms with E-state index in [9.17, 15) is 19.5 Å². The molecule has 1 aromatic carbocycles. The van der Waals surface area contributed by atoms with Crippen molar-refractivity contribution in [1.29, 1.82) is 0 Å². The Kier molecular flexibility index (Phi) is 7.19. The van der Waals surface area contributed by atoms with Crippen LogP contribution in [0.3, 0.4) is 0 Å². The van der Waals surface area contributed by atoms with Gasteiger partial charge in [0.25, 0.3) is 11.5 Å². The van der Waals surface area contributed by atoms with Crippen molar-refractivity contribution in [3.8, 4) is 22.7 Å². The van der Waals surface area contributed by atoms with Crippen molar-refractivity contribution in [2.75, 3.05) is 36.5 Å². The molecule has 4 aromatic rings. The van der Waals surface area contributed by atoms with Crippen molar-refractivity contribution in [2.24, 2.45) is 0 Å². The predicted octanol–water partition coefficient (Wildman–Crippen LogP) is 4.95. The SMILES string of the molecule is C=CC(=O)N1CCN2c3c(c(=O)n(-c4c(C)ccnc4C(C)C)c4nc(-c5c(O)cccc5F)c(Cl)cc34)N(C)C(=O)[C@@]2(C)C1. The van der Waals surface area contributed by atoms with Crippen molar-refractivity contribution in [3.05, 3.63) is 81.6 Å². The van der Waals surface area contributed by atoms with Gasteiger partial charge in [0, 0.05) is 31.7 Å². The number of nitrogens with zero attached hydrogens (tertiary/aromatic N) is 6. The molecule has 1 N–H and O–H groups in total. The van der Waals surface area contributed by atoms with Crippen LogP contribution in [-0.2, 0) is 9.59 Å². The molecule has 2 aliphatic rings. The number of phenolic OH excluding ortho intramolecular Hbond substituents is 1. The Morgan fingerprint density at radius 1 is 1.18 bits per heavy atom. The van der Waals surface area contributed by atoms with Crippen LogP contribution in [-0.4, -0.2) is 68.6 Å². The van der Waals surface area contributed by atoms with Crippen LogP contribution >= 0.6 is 11.6 Å². The predicted molar refractivity (Wildman–Crippen MR) is 172 cm³/mol. The number of aryl methyl sites for hydroxylation is 1. The number of carbonyl (C=O) groups is 2. The van der Waals surface area contributed by atoms with Gasteiger partial charge in [-0.2, -0.15) is 0 Å². The first-order valence-corrected chi connectivity index (χ1v) is 14.9. The molecule has 0 spiro atoms. The Labute approximate surface area is 264 Å². The number of benzene rings is 1. The zero-order chi connectivity index (χ0) is 32.5. The van der Waals surface area contributed by atoms with Crippen molar-refractivity contribution >= 4 is 45.8 Å². The molecule has 1 fully saturated rings. The lowest BCUT2D eigenvalue weighted by atomic mass is 9.89. The first kappa shape index (κ1) is 30.3. The molecule has 0 radical (unpaired) electrons. The van der Waals surface area contributed by atoms with Crippen LogP contribution in [0.25, 0.3) is 28.0 Å². The second-order valence-electron chi connectivity index (χ2n) is 11.9. The summed E-state index contributed by atoms with van der Waals surface area (Å²) >= 11 is 6.83. The Morgan fingerprint density at radius 3 is 2.58 bits per heavy atom. The molecule has 12 heteroatoms. The molecule has 5 heterocycles. The third-order valence-corrected chi connectivity index (χ3v) is 9.04. The summed E-state index contributed by atoms with van der Waals surface area (Å²) in [5.41, 5.74) is 0.508. The van der Waals surface area contributed by atoms with Crippen LogP contribution in [0.1, 0.15) is 37.9 Å². The van der Waals surface area contributed by atoms with E-state index in [4.69, 9.17) is 16.6 Å². The summed E-state index contributed by atoms with van der Waals surface area (Å²) in [7, 11) is 1.54. The Bertz CT molecular complexity index is 1990. The van der Waals surface area contributed by atoms with E-state index in [1.54, 1.807) is 30.2 Å². The highest BCUT2D eigenvalue weighted by atomic mass is 35.5. The molecular weight excluding hydrogens is 599 g/mol. The maximum atomic E-state index is 15.2. The monoisotopic (exact) mass is 630 g/mol. The largest absolute Gasteiger partial charge is 0.507 e. The van der Waals surface area contributed by atoms with E-state index in [1.807, 2.05) is 25.7 Å². The lowest BCUT2D eigenvalue weighted by Gasteiger charge is -2.53. The Hall–Kier alpha value is -4.77. The maximum Gasteiger partial charge on any atom is 0.283 e. The van der Waals surface area contributed by atoms with E-state index in [2.05, 4.69) is 11.6 Å². The molecule has 0 saturated carbocycles. The average Bonchev–Trinajstić information content (AvgIpc) is 2.99. The zero-order valence-electron chi connectivity index (χ0n) is 25.6. The second-order valence-corrected chi connectivity index (χ2v) is 12.3. The molecule has 0 unspecified atom stereocenters. The first-order chi connectivity index (χ1) is 21.3. The van der Waals surface area contributed by atoms with Crippen molar-refractivity contribution in [2.45, 2.75) is 39.2 Å². The van der Waals surface area contributed by atoms with Crippen molar-refractivity contribution < 1.29 is 19.1 Å². The van der Waals surface area contributed by atoms with Gasteiger partial charge in [0.2, 0.25) is 5.91 Å². The van der Waals surface area contributed by atoms with Crippen LogP contribution in [0, 0.1) is 12.7 Å². The highest BCUT2D eigenvalue weighted by molar-refractivity contribution is 6.34. The number of hydrogen-bond donors (Lipinski definition) is 1. The number of amides is 2. The summed E-state index contributed by atoms with van der Waals surface area (Å²) in [4.78, 5) is 55.7. The molecule has 10 nitrogen and oxygen atoms in total. The second kappa shape index (κ2) is 10.7. The number of piperazine rings is 1. The summed E-state index contributed by atoms with van der Waals surface area (Å²) in [6.45, 7) is 11.7. The lowest BCUT2D eigenvalue weighted by molar-refractivity contribution is -0.131. The van der Waals surface area contributed by atoms with Gasteiger partial charge in [0.1, 0.15) is 22.8 Å². The van der Waals surface area contributed by atoms with E-state index in [0.29, 0.717) is 22.5 Å². The number of hydrogen-bond acceptors (Lipinski definition) is 7. The quantitative estimate of drug-likeness (QED) is 0.318. The summed E-state index contributed by atoms with van der Waals surface area (Å²) in [6, 6.07) is 7.26. The standard InChI is InChI=1S/C33H32ClFN6O4/c1-7-23(43)39-13-14-40-28-19-15-20(34)26(24-21(35)9-8-10-22(24)42)37-30(19)41(27-18(4)11-12-36-25(27)17(2)3)31(44)29(28)38(6)32(45)33(40,5)16-39/h7-12,15,17,42H,1,13-14,16H2,2-6H3/t33-/m1/s1. The molecule has 2 amide bonds. The van der Waals surface area contributed by atoms with Gasteiger partial charge >= 0.3 is 0 Å². The normalized spacial score (nSPS) is 18.0. The van der Waals surface area contributed by atoms with Gasteiger partial charge in [-0.25, -0.2) is 9.37 Å². The van der Waals surface area contributed by atoms with Gasteiger partial charge in [-0.05, 0) is 55.7 Å². The fourth-order valence-electron chi connectivity index (χ4n) is 6.57. The Morgan fingerprint density at radius 2 is 1.91 bits per heavy atom. The smallest absolute Gasteiger partial charge is 0.283 e. The number of aromatic hydroxyl groups is 1. The fraction of sp³-hybridized carbons (Fsp3) is 0.303. The van der Waals surface area contributed by atoms with Gasteiger partial charge in [-0.1, -0.05) is 38.1 Å². The van der Waals surface area contributed by atoms with Crippen LogP contribution in [0.15, 0.2) is 54.0 Å². The maximum absolute atomic E-state index is 15.2. The number of anilines is 2. The molecule has 3 aromatic heterocycles. The van der Waals surface area contributed by atoms with E-state index >= 15 is 4.39 Å². The minimum atomic E-state index is -1.23. The highest BCUT2D eigenvalue weighted by Crippen LogP contribution is 2.47. The number of carbonyl (C=O) groups excluding carboxylic acids is 2. The Balaban J connectivity index is 1.77. The first-order valence-electron chi connectivity index (χ1n) is 14.5. The molecule has 1 atom stereocenters. The van der Waals surface area contributed by atoms with Gasteiger partial charge < -0.3 is 19.8 Å². The molecule has 1 saturated heterocycles. The highest BCUT2D eigenvalue weighted by Gasteiger charge is 2.52. The molecule has 232 valence electrons. The molecule has 6 rings (SSSR count). The van der Waals surface area contributed by atoms with Gasteiger partial charge in [-0.3, -0.25) is 23.9 Å². The topological polar surface area (TPSA) is 112 Å². The molecule has 0 aliphatic carbocycles. The number of pyridine rings is 3. The molecule has 0 bridgehead atoms. The van der Waals surface area contributed by atoms with Gasteiger partial charge in [0.15, 0.2) is 5.65 Å². The summed E-state index contributed by atoms with van der Waals surface area (Å²) in [5.74, 6) is -1.87. The molecule has 45 heavy (non-hydrogen) atoms. The third kappa shape index (κ3) is 4.40. The fourth-order valence-corrected chi connectivity index (χ4v) is 6.82. The van der Waals surface area contributed by atoms with Crippen LogP contribution in [0.4, 0.5) is 15.8 Å². The lowest BCUT2D eigenvalue weighted by Crippen LogP contribution is -2.71. The average molecular weight is 631 g/mol. The third-order valence-electron chi connectivity index (χ3n) is 8.75. The molecule has 2 aliphatic heterocycles. The van der Waals surface area contributed by atoms with E-state index < -0.39 is 16.9 Å². The van der Waals surface area contributed by atoms with E-state index in [0.717, 1.165) is 5.56 Å². The number of rotatable bonds is 4. The minimum Gasteiger partial charge on any atom is -0.507 e. The number of likely N-dealkylation sites (N-methyl/N-ethyl adjacent to an activating group) is 1. The van der Waals surface area contributed by atoms with E-state index in [-0.39, 0.29) is 70.7 Å². The number of fused-ring (bicyclic) bond motifs is 5. The van der Waals surface area contributed by atoms with Gasteiger partial charge in [0.05, 0.1) is 39.9 Å². The summed E-state index contributed by atoms with van der Waals surface area (Å²) < 4.78 is 16.6. The summed E-state index contributed by atoms with van der Waals surface area (Å²) in [6.07, 6.45) is 2.88. The molecular formula is C33H32ClFN6O4. The number of phenols is 1. The van der Waals surface area contributed by atoms with Crippen LogP contribution < -0.4 is 15.4 Å². The summed E-state index contributed by atoms with van der Waals surface area (Å²) in [5, 5.41) is 11.1. The van der Waals surface area contributed by atoms with Gasteiger partial charge in [-0.15, -0.1) is 0 Å². The van der Waals surface area contributed by atoms with E-state index in [1.165, 1.54) is 40.8 Å².